The molecule has 6 nitrogen and oxygen atoms in total. The summed E-state index contributed by atoms with van der Waals surface area (Å²) in [6.07, 6.45) is -4.11. The summed E-state index contributed by atoms with van der Waals surface area (Å²) in [6, 6.07) is -0.290. The van der Waals surface area contributed by atoms with Crippen LogP contribution in [0.5, 0.6) is 0 Å². The molecule has 39 heavy (non-hydrogen) atoms. The van der Waals surface area contributed by atoms with E-state index >= 15 is 0 Å². The highest BCUT2D eigenvalue weighted by Gasteiger charge is 2.51. The van der Waals surface area contributed by atoms with Gasteiger partial charge in [0, 0.05) is 39.8 Å². The van der Waals surface area contributed by atoms with Crippen molar-refractivity contribution in [3.8, 4) is 0 Å². The average Bonchev–Trinajstić information content (AvgIpc) is 2.92. The molecule has 3 unspecified atom stereocenters. The largest absolute Gasteiger partial charge is 0.391 e. The number of piperazine rings is 1. The Kier molecular flexibility index (Phi) is 10.5. The average molecular weight is 570 g/mol. The zero-order chi connectivity index (χ0) is 28.2. The van der Waals surface area contributed by atoms with E-state index in [4.69, 9.17) is 0 Å². The van der Waals surface area contributed by atoms with Gasteiger partial charge in [0.05, 0.1) is 17.9 Å². The fourth-order valence-corrected chi connectivity index (χ4v) is 7.20. The molecular weight excluding hydrogens is 524 g/mol. The molecule has 2 aliphatic carbocycles. The van der Waals surface area contributed by atoms with E-state index in [0.717, 1.165) is 77.8 Å². The Balaban J connectivity index is 1.37. The van der Waals surface area contributed by atoms with Gasteiger partial charge in [0.15, 0.2) is 0 Å². The summed E-state index contributed by atoms with van der Waals surface area (Å²) in [5.41, 5.74) is 0. The number of hydrogen-bond donors (Lipinski definition) is 2. The van der Waals surface area contributed by atoms with Gasteiger partial charge in [-0.2, -0.15) is 26.3 Å². The Bertz CT molecular complexity index is 754. The van der Waals surface area contributed by atoms with Crippen molar-refractivity contribution in [1.29, 1.82) is 0 Å². The number of alkyl halides is 6. The molecule has 3 atom stereocenters. The molecule has 2 saturated carbocycles. The minimum absolute atomic E-state index is 0.0418. The van der Waals surface area contributed by atoms with Crippen LogP contribution in [-0.4, -0.2) is 98.2 Å². The summed E-state index contributed by atoms with van der Waals surface area (Å²) < 4.78 is 80.5. The Morgan fingerprint density at radius 1 is 0.846 bits per heavy atom. The smallest absolute Gasteiger partial charge is 0.344 e. The Morgan fingerprint density at radius 3 is 1.95 bits per heavy atom. The first-order valence-electron chi connectivity index (χ1n) is 14.8. The highest BCUT2D eigenvalue weighted by atomic mass is 19.4. The fourth-order valence-electron chi connectivity index (χ4n) is 7.20. The van der Waals surface area contributed by atoms with Crippen molar-refractivity contribution in [3.05, 3.63) is 0 Å². The summed E-state index contributed by atoms with van der Waals surface area (Å²) in [6.45, 7) is 5.28. The molecule has 2 saturated heterocycles. The van der Waals surface area contributed by atoms with E-state index in [2.05, 4.69) is 20.4 Å². The number of halogens is 6. The second-order valence-electron chi connectivity index (χ2n) is 12.2. The molecule has 0 aromatic heterocycles. The topological polar surface area (TPSA) is 50.9 Å². The van der Waals surface area contributed by atoms with E-state index in [-0.39, 0.29) is 50.0 Å². The molecule has 4 fully saturated rings. The van der Waals surface area contributed by atoms with Gasteiger partial charge in [-0.15, -0.1) is 0 Å². The van der Waals surface area contributed by atoms with Crippen LogP contribution in [0, 0.1) is 23.7 Å². The first-order valence-corrected chi connectivity index (χ1v) is 14.8. The molecular formula is C27H45F6N5O. The molecule has 2 heterocycles. The SMILES string of the molecule is CN(CCC1CC(C(F)(F)F)CC(C(F)(F)F)C1)C(=O)C(C1CCCCC1)N1CCN(C2NCCCN2)CC1. The van der Waals surface area contributed by atoms with Gasteiger partial charge in [-0.1, -0.05) is 19.3 Å². The Hall–Kier alpha value is -1.11. The van der Waals surface area contributed by atoms with Crippen molar-refractivity contribution >= 4 is 5.91 Å². The van der Waals surface area contributed by atoms with E-state index in [1.807, 2.05) is 0 Å². The third-order valence-corrected chi connectivity index (χ3v) is 9.47. The van der Waals surface area contributed by atoms with Crippen LogP contribution in [0.25, 0.3) is 0 Å². The van der Waals surface area contributed by atoms with Crippen molar-refractivity contribution in [2.75, 3.05) is 52.9 Å². The maximum absolute atomic E-state index is 13.8. The molecule has 12 heteroatoms. The minimum Gasteiger partial charge on any atom is -0.344 e. The predicted octanol–water partition coefficient (Wildman–Crippen LogP) is 4.43. The Morgan fingerprint density at radius 2 is 1.41 bits per heavy atom. The molecule has 0 radical (unpaired) electrons. The van der Waals surface area contributed by atoms with Gasteiger partial charge in [-0.05, 0) is 69.9 Å². The predicted molar refractivity (Wildman–Crippen MR) is 137 cm³/mol. The van der Waals surface area contributed by atoms with Crippen molar-refractivity contribution in [1.82, 2.24) is 25.3 Å². The van der Waals surface area contributed by atoms with Crippen LogP contribution in [0.3, 0.4) is 0 Å². The molecule has 0 aromatic rings. The van der Waals surface area contributed by atoms with Crippen LogP contribution in [0.4, 0.5) is 26.3 Å². The lowest BCUT2D eigenvalue weighted by atomic mass is 9.73. The molecule has 0 bridgehead atoms. The van der Waals surface area contributed by atoms with E-state index in [1.165, 1.54) is 0 Å². The van der Waals surface area contributed by atoms with Crippen LogP contribution < -0.4 is 10.6 Å². The number of nitrogens with zero attached hydrogens (tertiary/aromatic N) is 3. The van der Waals surface area contributed by atoms with Gasteiger partial charge >= 0.3 is 12.4 Å². The lowest BCUT2D eigenvalue weighted by Gasteiger charge is -2.46. The maximum atomic E-state index is 13.8. The summed E-state index contributed by atoms with van der Waals surface area (Å²) in [5, 5.41) is 6.98. The van der Waals surface area contributed by atoms with E-state index in [0.29, 0.717) is 0 Å². The van der Waals surface area contributed by atoms with Gasteiger partial charge in [-0.3, -0.25) is 25.2 Å². The lowest BCUT2D eigenvalue weighted by molar-refractivity contribution is -0.229. The zero-order valence-electron chi connectivity index (χ0n) is 23.0. The quantitative estimate of drug-likeness (QED) is 0.445. The van der Waals surface area contributed by atoms with Gasteiger partial charge in [0.1, 0.15) is 6.29 Å². The van der Waals surface area contributed by atoms with Crippen LogP contribution >= 0.6 is 0 Å². The molecule has 2 N–H and O–H groups in total. The zero-order valence-corrected chi connectivity index (χ0v) is 23.0. The summed E-state index contributed by atoms with van der Waals surface area (Å²) in [4.78, 5) is 20.0. The van der Waals surface area contributed by atoms with Crippen LogP contribution in [0.2, 0.25) is 0 Å². The summed E-state index contributed by atoms with van der Waals surface area (Å²) >= 11 is 0. The van der Waals surface area contributed by atoms with Gasteiger partial charge < -0.3 is 4.90 Å². The van der Waals surface area contributed by atoms with E-state index in [1.54, 1.807) is 11.9 Å². The standard InChI is InChI=1S/C27H45F6N5O/c1-36(11-8-19-16-21(26(28,29)30)18-22(17-19)27(31,32)33)24(39)23(20-6-3-2-4-7-20)37-12-14-38(15-13-37)25-34-9-5-10-35-25/h19-23,25,34-35H,2-18H2,1H3. The number of amides is 1. The third kappa shape index (κ3) is 8.23. The second-order valence-corrected chi connectivity index (χ2v) is 12.2. The number of rotatable bonds is 7. The molecule has 2 aliphatic heterocycles. The van der Waals surface area contributed by atoms with Gasteiger partial charge in [0.2, 0.25) is 5.91 Å². The molecule has 226 valence electrons. The molecule has 0 spiro atoms. The van der Waals surface area contributed by atoms with Crippen molar-refractivity contribution in [3.63, 3.8) is 0 Å². The fraction of sp³-hybridized carbons (Fsp3) is 0.963. The van der Waals surface area contributed by atoms with E-state index in [9.17, 15) is 31.1 Å². The Labute approximate surface area is 228 Å². The third-order valence-electron chi connectivity index (χ3n) is 9.47. The molecule has 4 rings (SSSR count). The number of nitrogens with one attached hydrogen (secondary N) is 2. The number of hydrogen-bond acceptors (Lipinski definition) is 5. The van der Waals surface area contributed by atoms with Gasteiger partial charge in [-0.25, -0.2) is 0 Å². The number of likely N-dealkylation sites (N-methyl/N-ethyl adjacent to an activating group) is 1. The van der Waals surface area contributed by atoms with Gasteiger partial charge in [0.25, 0.3) is 0 Å². The van der Waals surface area contributed by atoms with Crippen LogP contribution in [0.15, 0.2) is 0 Å². The van der Waals surface area contributed by atoms with Crippen molar-refractivity contribution in [2.24, 2.45) is 23.7 Å². The molecule has 4 aliphatic rings. The maximum Gasteiger partial charge on any atom is 0.391 e. The molecule has 0 aromatic carbocycles. The summed E-state index contributed by atoms with van der Waals surface area (Å²) in [5.74, 6) is -4.41. The van der Waals surface area contributed by atoms with Crippen LogP contribution in [-0.2, 0) is 4.79 Å². The minimum atomic E-state index is -4.64. The van der Waals surface area contributed by atoms with Crippen molar-refractivity contribution < 1.29 is 31.1 Å². The first kappa shape index (κ1) is 30.8. The normalized spacial score (nSPS) is 30.3. The van der Waals surface area contributed by atoms with Crippen LogP contribution in [0.1, 0.15) is 64.2 Å². The second kappa shape index (κ2) is 13.2. The first-order chi connectivity index (χ1) is 18.4. The summed E-state index contributed by atoms with van der Waals surface area (Å²) in [7, 11) is 1.66. The van der Waals surface area contributed by atoms with Crippen molar-refractivity contribution in [2.45, 2.75) is 88.9 Å². The lowest BCUT2D eigenvalue weighted by Crippen LogP contribution is -2.65. The van der Waals surface area contributed by atoms with E-state index < -0.39 is 36.5 Å². The highest BCUT2D eigenvalue weighted by Crippen LogP contribution is 2.48. The number of carbonyl (C=O) groups is 1. The monoisotopic (exact) mass is 569 g/mol. The number of carbonyl (C=O) groups excluding carboxylic acids is 1. The highest BCUT2D eigenvalue weighted by molar-refractivity contribution is 5.82. The molecule has 1 amide bonds.